The number of hydrogen-bond acceptors (Lipinski definition) is 3. The summed E-state index contributed by atoms with van der Waals surface area (Å²) in [5.41, 5.74) is 5.61. The molecule has 94 valence electrons. The van der Waals surface area contributed by atoms with Crippen LogP contribution in [0.15, 0.2) is 12.1 Å². The third-order valence-corrected chi connectivity index (χ3v) is 2.50. The van der Waals surface area contributed by atoms with Crippen LogP contribution in [-0.2, 0) is 4.74 Å². The second-order valence-corrected chi connectivity index (χ2v) is 3.96. The molecule has 6 heteroatoms. The second-order valence-electron chi connectivity index (χ2n) is 3.96. The molecule has 0 bridgehead atoms. The van der Waals surface area contributed by atoms with E-state index in [4.69, 9.17) is 15.2 Å². The molecule has 1 saturated heterocycles. The Morgan fingerprint density at radius 2 is 1.94 bits per heavy atom. The minimum Gasteiger partial charge on any atom is -0.491 e. The van der Waals surface area contributed by atoms with E-state index in [1.165, 1.54) is 0 Å². The van der Waals surface area contributed by atoms with Gasteiger partial charge in [0.25, 0.3) is 0 Å². The van der Waals surface area contributed by atoms with Gasteiger partial charge in [-0.25, -0.2) is 13.2 Å². The van der Waals surface area contributed by atoms with E-state index in [0.29, 0.717) is 13.0 Å². The zero-order chi connectivity index (χ0) is 12.4. The fourth-order valence-corrected chi connectivity index (χ4v) is 1.65. The Bertz CT molecular complexity index is 391. The predicted molar refractivity (Wildman–Crippen MR) is 54.1 cm³/mol. The summed E-state index contributed by atoms with van der Waals surface area (Å²) in [6.07, 6.45) is 0.438. The Kier molecular flexibility index (Phi) is 3.54. The van der Waals surface area contributed by atoms with Crippen molar-refractivity contribution in [3.63, 3.8) is 0 Å². The van der Waals surface area contributed by atoms with Gasteiger partial charge in [-0.2, -0.15) is 0 Å². The van der Waals surface area contributed by atoms with Crippen molar-refractivity contribution in [3.8, 4) is 5.75 Å². The number of benzene rings is 1. The van der Waals surface area contributed by atoms with Crippen LogP contribution >= 0.6 is 0 Å². The molecule has 0 saturated carbocycles. The van der Waals surface area contributed by atoms with Gasteiger partial charge in [0.2, 0.25) is 0 Å². The highest BCUT2D eigenvalue weighted by Gasteiger charge is 2.23. The summed E-state index contributed by atoms with van der Waals surface area (Å²) < 4.78 is 48.8. The van der Waals surface area contributed by atoms with Crippen molar-refractivity contribution in [2.75, 3.05) is 13.2 Å². The van der Waals surface area contributed by atoms with Gasteiger partial charge in [-0.15, -0.1) is 0 Å². The third kappa shape index (κ3) is 2.89. The zero-order valence-corrected chi connectivity index (χ0v) is 8.96. The van der Waals surface area contributed by atoms with Crippen LogP contribution in [0, 0.1) is 17.5 Å². The van der Waals surface area contributed by atoms with Crippen molar-refractivity contribution in [2.24, 2.45) is 5.73 Å². The van der Waals surface area contributed by atoms with Gasteiger partial charge in [0.15, 0.2) is 17.5 Å². The summed E-state index contributed by atoms with van der Waals surface area (Å²) in [5, 5.41) is 0. The van der Waals surface area contributed by atoms with E-state index in [2.05, 4.69) is 0 Å². The van der Waals surface area contributed by atoms with E-state index >= 15 is 0 Å². The molecule has 2 rings (SSSR count). The van der Waals surface area contributed by atoms with Crippen LogP contribution in [0.4, 0.5) is 13.2 Å². The van der Waals surface area contributed by atoms with E-state index in [1.54, 1.807) is 0 Å². The number of nitrogens with two attached hydrogens (primary N) is 1. The maximum Gasteiger partial charge on any atom is 0.194 e. The van der Waals surface area contributed by atoms with Crippen molar-refractivity contribution in [1.82, 2.24) is 0 Å². The Balaban J connectivity index is 1.95. The number of ether oxygens (including phenoxy) is 2. The van der Waals surface area contributed by atoms with Crippen LogP contribution in [0.25, 0.3) is 0 Å². The first-order chi connectivity index (χ1) is 8.06. The molecule has 0 spiro atoms. The molecule has 17 heavy (non-hydrogen) atoms. The Morgan fingerprint density at radius 3 is 2.47 bits per heavy atom. The smallest absolute Gasteiger partial charge is 0.194 e. The summed E-state index contributed by atoms with van der Waals surface area (Å²) in [4.78, 5) is 0. The molecular formula is C11H12F3NO2. The van der Waals surface area contributed by atoms with E-state index in [9.17, 15) is 13.2 Å². The quantitative estimate of drug-likeness (QED) is 0.825. The van der Waals surface area contributed by atoms with Crippen molar-refractivity contribution in [2.45, 2.75) is 18.6 Å². The highest BCUT2D eigenvalue weighted by Crippen LogP contribution is 2.20. The third-order valence-electron chi connectivity index (χ3n) is 2.50. The SMILES string of the molecule is N[C@H]1CO[C@H](COc2cc(F)c(F)c(F)c2)C1. The Hall–Kier alpha value is -1.27. The molecule has 1 aliphatic rings. The van der Waals surface area contributed by atoms with E-state index in [0.717, 1.165) is 12.1 Å². The topological polar surface area (TPSA) is 44.5 Å². The average molecular weight is 247 g/mol. The van der Waals surface area contributed by atoms with Crippen molar-refractivity contribution in [3.05, 3.63) is 29.6 Å². The van der Waals surface area contributed by atoms with Gasteiger partial charge in [-0.3, -0.25) is 0 Å². The fourth-order valence-electron chi connectivity index (χ4n) is 1.65. The first-order valence-electron chi connectivity index (χ1n) is 5.21. The maximum absolute atomic E-state index is 12.9. The lowest BCUT2D eigenvalue weighted by atomic mass is 10.2. The molecule has 2 atom stereocenters. The lowest BCUT2D eigenvalue weighted by Gasteiger charge is -2.11. The molecule has 1 aromatic carbocycles. The molecule has 3 nitrogen and oxygen atoms in total. The standard InChI is InChI=1S/C11H12F3NO2/c12-9-2-7(3-10(13)11(9)14)17-5-8-1-6(15)4-16-8/h2-3,6,8H,1,4-5,15H2/t6-,8+/m1/s1. The lowest BCUT2D eigenvalue weighted by molar-refractivity contribution is 0.0670. The van der Waals surface area contributed by atoms with Crippen LogP contribution in [-0.4, -0.2) is 25.4 Å². The molecule has 1 fully saturated rings. The van der Waals surface area contributed by atoms with Crippen molar-refractivity contribution < 1.29 is 22.6 Å². The minimum absolute atomic E-state index is 0.0368. The highest BCUT2D eigenvalue weighted by molar-refractivity contribution is 5.25. The van der Waals surface area contributed by atoms with Gasteiger partial charge in [-0.1, -0.05) is 0 Å². The van der Waals surface area contributed by atoms with Gasteiger partial charge in [0, 0.05) is 18.2 Å². The van der Waals surface area contributed by atoms with Gasteiger partial charge >= 0.3 is 0 Å². The molecule has 0 amide bonds. The summed E-state index contributed by atoms with van der Waals surface area (Å²) in [6.45, 7) is 0.582. The molecule has 1 aromatic rings. The van der Waals surface area contributed by atoms with Crippen LogP contribution in [0.5, 0.6) is 5.75 Å². The number of rotatable bonds is 3. The van der Waals surface area contributed by atoms with Crippen molar-refractivity contribution in [1.29, 1.82) is 0 Å². The molecule has 0 radical (unpaired) electrons. The molecular weight excluding hydrogens is 235 g/mol. The predicted octanol–water partition coefficient (Wildman–Crippen LogP) is 1.60. The van der Waals surface area contributed by atoms with Crippen LogP contribution in [0.2, 0.25) is 0 Å². The van der Waals surface area contributed by atoms with Gasteiger partial charge in [0.1, 0.15) is 12.4 Å². The lowest BCUT2D eigenvalue weighted by Crippen LogP contribution is -2.21. The average Bonchev–Trinajstić information content (AvgIpc) is 2.69. The van der Waals surface area contributed by atoms with E-state index in [1.807, 2.05) is 0 Å². The molecule has 0 aliphatic carbocycles. The molecule has 2 N–H and O–H groups in total. The minimum atomic E-state index is -1.50. The highest BCUT2D eigenvalue weighted by atomic mass is 19.2. The Labute approximate surface area is 96.3 Å². The summed E-state index contributed by atoms with van der Waals surface area (Å²) in [5.74, 6) is -4.12. The number of hydrogen-bond donors (Lipinski definition) is 1. The molecule has 1 aliphatic heterocycles. The molecule has 0 unspecified atom stereocenters. The normalized spacial score (nSPS) is 24.0. The van der Waals surface area contributed by atoms with E-state index in [-0.39, 0.29) is 24.5 Å². The molecule has 0 aromatic heterocycles. The van der Waals surface area contributed by atoms with Gasteiger partial charge < -0.3 is 15.2 Å². The monoisotopic (exact) mass is 247 g/mol. The van der Waals surface area contributed by atoms with Crippen LogP contribution < -0.4 is 10.5 Å². The first-order valence-corrected chi connectivity index (χ1v) is 5.21. The number of halogens is 3. The summed E-state index contributed by atoms with van der Waals surface area (Å²) in [7, 11) is 0. The maximum atomic E-state index is 12.9. The zero-order valence-electron chi connectivity index (χ0n) is 8.96. The fraction of sp³-hybridized carbons (Fsp3) is 0.455. The summed E-state index contributed by atoms with van der Waals surface area (Å²) >= 11 is 0. The van der Waals surface area contributed by atoms with Crippen LogP contribution in [0.3, 0.4) is 0 Å². The Morgan fingerprint density at radius 1 is 1.29 bits per heavy atom. The first kappa shape index (κ1) is 12.2. The second kappa shape index (κ2) is 4.93. The van der Waals surface area contributed by atoms with Crippen molar-refractivity contribution >= 4 is 0 Å². The van der Waals surface area contributed by atoms with Crippen LogP contribution in [0.1, 0.15) is 6.42 Å². The van der Waals surface area contributed by atoms with E-state index < -0.39 is 17.5 Å². The largest absolute Gasteiger partial charge is 0.491 e. The molecule has 1 heterocycles. The summed E-state index contributed by atoms with van der Waals surface area (Å²) in [6, 6.07) is 1.56. The van der Waals surface area contributed by atoms with Gasteiger partial charge in [0.05, 0.1) is 12.7 Å². The van der Waals surface area contributed by atoms with Gasteiger partial charge in [-0.05, 0) is 6.42 Å².